The Bertz CT molecular complexity index is 1340. The van der Waals surface area contributed by atoms with Crippen molar-refractivity contribution in [2.75, 3.05) is 24.5 Å². The Morgan fingerprint density at radius 1 is 0.914 bits per heavy atom. The Labute approximate surface area is 208 Å². The molecule has 4 nitrogen and oxygen atoms in total. The number of aryl methyl sites for hydroxylation is 3. The molecular formula is C31H35N3O. The lowest BCUT2D eigenvalue weighted by atomic mass is 10.1. The highest BCUT2D eigenvalue weighted by atomic mass is 16.2. The molecule has 0 bridgehead atoms. The Balaban J connectivity index is 1.26. The predicted octanol–water partition coefficient (Wildman–Crippen LogP) is 5.98. The highest BCUT2D eigenvalue weighted by Gasteiger charge is 2.27. The molecule has 1 amide bonds. The van der Waals surface area contributed by atoms with E-state index in [-0.39, 0.29) is 5.91 Å². The van der Waals surface area contributed by atoms with E-state index >= 15 is 0 Å². The molecule has 4 heteroatoms. The van der Waals surface area contributed by atoms with Gasteiger partial charge in [0.2, 0.25) is 5.91 Å². The smallest absolute Gasteiger partial charge is 0.223 e. The van der Waals surface area contributed by atoms with E-state index in [1.165, 1.54) is 38.8 Å². The van der Waals surface area contributed by atoms with Crippen LogP contribution in [0.1, 0.15) is 35.6 Å². The first-order valence-corrected chi connectivity index (χ1v) is 12.7. The SMILES string of the molecule is Cc1cccc(N2CCN(C(=O)CCc3cn(Cc4ccccc4C)c4ccccc34)CC2C)c1. The lowest BCUT2D eigenvalue weighted by Crippen LogP contribution is -2.53. The summed E-state index contributed by atoms with van der Waals surface area (Å²) >= 11 is 0. The van der Waals surface area contributed by atoms with E-state index in [4.69, 9.17) is 0 Å². The standard InChI is InChI=1S/C31H35N3O/c1-23-9-8-12-28(19-23)34-18-17-32(20-25(34)3)31(35)16-15-27-22-33(30-14-7-6-13-29(27)30)21-26-11-5-4-10-24(26)2/h4-14,19,22,25H,15-18,20-21H2,1-3H3. The summed E-state index contributed by atoms with van der Waals surface area (Å²) < 4.78 is 2.33. The van der Waals surface area contributed by atoms with Gasteiger partial charge in [-0.05, 0) is 67.6 Å². The van der Waals surface area contributed by atoms with Crippen molar-refractivity contribution in [2.24, 2.45) is 0 Å². The van der Waals surface area contributed by atoms with Gasteiger partial charge in [0.15, 0.2) is 0 Å². The summed E-state index contributed by atoms with van der Waals surface area (Å²) in [7, 11) is 0. The van der Waals surface area contributed by atoms with Crippen molar-refractivity contribution in [3.05, 3.63) is 101 Å². The van der Waals surface area contributed by atoms with E-state index in [2.05, 4.69) is 114 Å². The summed E-state index contributed by atoms with van der Waals surface area (Å²) in [4.78, 5) is 17.7. The third-order valence-electron chi connectivity index (χ3n) is 7.39. The van der Waals surface area contributed by atoms with Crippen LogP contribution in [0.5, 0.6) is 0 Å². The van der Waals surface area contributed by atoms with E-state index in [0.717, 1.165) is 32.6 Å². The summed E-state index contributed by atoms with van der Waals surface area (Å²) in [6, 6.07) is 26.1. The largest absolute Gasteiger partial charge is 0.365 e. The third kappa shape index (κ3) is 4.97. The molecule has 1 saturated heterocycles. The maximum atomic E-state index is 13.2. The zero-order valence-corrected chi connectivity index (χ0v) is 21.1. The molecule has 0 saturated carbocycles. The lowest BCUT2D eigenvalue weighted by Gasteiger charge is -2.41. The Morgan fingerprint density at radius 3 is 2.51 bits per heavy atom. The van der Waals surface area contributed by atoms with Crippen LogP contribution < -0.4 is 4.90 Å². The predicted molar refractivity (Wildman–Crippen MR) is 145 cm³/mol. The average molecular weight is 466 g/mol. The van der Waals surface area contributed by atoms with Crippen molar-refractivity contribution in [3.63, 3.8) is 0 Å². The van der Waals surface area contributed by atoms with Crippen LogP contribution >= 0.6 is 0 Å². The second kappa shape index (κ2) is 9.99. The minimum Gasteiger partial charge on any atom is -0.365 e. The molecule has 1 aromatic heterocycles. The molecule has 2 heterocycles. The summed E-state index contributed by atoms with van der Waals surface area (Å²) in [6.45, 7) is 9.81. The number of hydrogen-bond donors (Lipinski definition) is 0. The topological polar surface area (TPSA) is 28.5 Å². The summed E-state index contributed by atoms with van der Waals surface area (Å²) in [5, 5.41) is 1.26. The minimum absolute atomic E-state index is 0.261. The molecule has 0 radical (unpaired) electrons. The van der Waals surface area contributed by atoms with Gasteiger partial charge in [-0.1, -0.05) is 54.6 Å². The van der Waals surface area contributed by atoms with Crippen LogP contribution in [0.15, 0.2) is 79.0 Å². The Hall–Kier alpha value is -3.53. The van der Waals surface area contributed by atoms with Gasteiger partial charge in [0.1, 0.15) is 0 Å². The number of para-hydroxylation sites is 1. The summed E-state index contributed by atoms with van der Waals surface area (Å²) in [5.74, 6) is 0.261. The number of hydrogen-bond acceptors (Lipinski definition) is 2. The van der Waals surface area contributed by atoms with E-state index in [1.807, 2.05) is 0 Å². The number of fused-ring (bicyclic) bond motifs is 1. The van der Waals surface area contributed by atoms with Gasteiger partial charge in [-0.15, -0.1) is 0 Å². The molecule has 180 valence electrons. The molecule has 5 rings (SSSR count). The number of piperazine rings is 1. The normalized spacial score (nSPS) is 16.1. The van der Waals surface area contributed by atoms with Crippen molar-refractivity contribution in [3.8, 4) is 0 Å². The van der Waals surface area contributed by atoms with Crippen molar-refractivity contribution >= 4 is 22.5 Å². The Morgan fingerprint density at radius 2 is 1.71 bits per heavy atom. The van der Waals surface area contributed by atoms with Crippen LogP contribution in [0.2, 0.25) is 0 Å². The molecule has 4 aromatic rings. The molecule has 0 spiro atoms. The molecule has 3 aromatic carbocycles. The summed E-state index contributed by atoms with van der Waals surface area (Å²) in [6.07, 6.45) is 3.57. The number of amides is 1. The monoisotopic (exact) mass is 465 g/mol. The van der Waals surface area contributed by atoms with Gasteiger partial charge in [-0.3, -0.25) is 4.79 Å². The number of aromatic nitrogens is 1. The fourth-order valence-electron chi connectivity index (χ4n) is 5.40. The first kappa shape index (κ1) is 23.2. The van der Waals surface area contributed by atoms with E-state index in [0.29, 0.717) is 12.5 Å². The first-order valence-electron chi connectivity index (χ1n) is 12.7. The third-order valence-corrected chi connectivity index (χ3v) is 7.39. The average Bonchev–Trinajstić information content (AvgIpc) is 3.21. The van der Waals surface area contributed by atoms with E-state index in [9.17, 15) is 4.79 Å². The molecule has 1 atom stereocenters. The zero-order chi connectivity index (χ0) is 24.4. The number of carbonyl (C=O) groups is 1. The number of nitrogens with zero attached hydrogens (tertiary/aromatic N) is 3. The van der Waals surface area contributed by atoms with Gasteiger partial charge >= 0.3 is 0 Å². The van der Waals surface area contributed by atoms with E-state index < -0.39 is 0 Å². The van der Waals surface area contributed by atoms with Crippen LogP contribution in [0.25, 0.3) is 10.9 Å². The summed E-state index contributed by atoms with van der Waals surface area (Å²) in [5.41, 5.74) is 7.66. The van der Waals surface area contributed by atoms with Gasteiger partial charge in [-0.2, -0.15) is 0 Å². The van der Waals surface area contributed by atoms with Crippen LogP contribution in [0, 0.1) is 13.8 Å². The van der Waals surface area contributed by atoms with Gasteiger partial charge in [0.25, 0.3) is 0 Å². The van der Waals surface area contributed by atoms with Crippen molar-refractivity contribution in [1.82, 2.24) is 9.47 Å². The zero-order valence-electron chi connectivity index (χ0n) is 21.1. The number of rotatable bonds is 6. The second-order valence-corrected chi connectivity index (χ2v) is 9.95. The Kier molecular flexibility index (Phi) is 6.63. The van der Waals surface area contributed by atoms with Crippen LogP contribution in [0.3, 0.4) is 0 Å². The highest BCUT2D eigenvalue weighted by molar-refractivity contribution is 5.85. The van der Waals surface area contributed by atoms with E-state index in [1.54, 1.807) is 0 Å². The van der Waals surface area contributed by atoms with Crippen LogP contribution in [-0.2, 0) is 17.8 Å². The van der Waals surface area contributed by atoms with Crippen LogP contribution in [-0.4, -0.2) is 41.1 Å². The van der Waals surface area contributed by atoms with Crippen molar-refractivity contribution < 1.29 is 4.79 Å². The van der Waals surface area contributed by atoms with Gasteiger partial charge in [0, 0.05) is 61.4 Å². The molecular weight excluding hydrogens is 430 g/mol. The molecule has 0 aliphatic carbocycles. The highest BCUT2D eigenvalue weighted by Crippen LogP contribution is 2.26. The maximum Gasteiger partial charge on any atom is 0.223 e. The molecule has 1 aliphatic rings. The van der Waals surface area contributed by atoms with Gasteiger partial charge < -0.3 is 14.4 Å². The number of benzene rings is 3. The lowest BCUT2D eigenvalue weighted by molar-refractivity contribution is -0.131. The maximum absolute atomic E-state index is 13.2. The molecule has 0 N–H and O–H groups in total. The molecule has 1 aliphatic heterocycles. The number of carbonyl (C=O) groups excluding carboxylic acids is 1. The molecule has 1 unspecified atom stereocenters. The fraction of sp³-hybridized carbons (Fsp3) is 0.323. The fourth-order valence-corrected chi connectivity index (χ4v) is 5.40. The van der Waals surface area contributed by atoms with Gasteiger partial charge in [-0.25, -0.2) is 0 Å². The van der Waals surface area contributed by atoms with Gasteiger partial charge in [0.05, 0.1) is 0 Å². The van der Waals surface area contributed by atoms with Crippen molar-refractivity contribution in [1.29, 1.82) is 0 Å². The quantitative estimate of drug-likeness (QED) is 0.351. The number of anilines is 1. The minimum atomic E-state index is 0.261. The van der Waals surface area contributed by atoms with Crippen LogP contribution in [0.4, 0.5) is 5.69 Å². The molecule has 1 fully saturated rings. The first-order chi connectivity index (χ1) is 17.0. The second-order valence-electron chi connectivity index (χ2n) is 9.95. The molecule has 35 heavy (non-hydrogen) atoms. The van der Waals surface area contributed by atoms with Crippen molar-refractivity contribution in [2.45, 2.75) is 46.2 Å².